The quantitative estimate of drug-likeness (QED) is 0.451. The Kier molecular flexibility index (Phi) is 2.46. The van der Waals surface area contributed by atoms with Crippen LogP contribution in [0, 0.1) is 0 Å². The summed E-state index contributed by atoms with van der Waals surface area (Å²) in [5.74, 6) is 0.172. The smallest absolute Gasteiger partial charge is 0.162 e. The van der Waals surface area contributed by atoms with Gasteiger partial charge in [0.2, 0.25) is 0 Å². The molecule has 0 atom stereocenters. The van der Waals surface area contributed by atoms with Crippen molar-refractivity contribution in [3.8, 4) is 0 Å². The van der Waals surface area contributed by atoms with E-state index in [9.17, 15) is 4.79 Å². The predicted octanol–water partition coefficient (Wildman–Crippen LogP) is 0.922. The summed E-state index contributed by atoms with van der Waals surface area (Å²) < 4.78 is 4.99. The summed E-state index contributed by atoms with van der Waals surface area (Å²) in [5, 5.41) is 0. The molecule has 0 aromatic carbocycles. The van der Waals surface area contributed by atoms with E-state index in [2.05, 4.69) is 0 Å². The predicted molar refractivity (Wildman–Crippen MR) is 34.2 cm³/mol. The molecule has 9 heavy (non-hydrogen) atoms. The molecule has 0 aromatic rings. The highest BCUT2D eigenvalue weighted by atomic mass is 16.5. The van der Waals surface area contributed by atoms with Gasteiger partial charge >= 0.3 is 0 Å². The molecule has 0 unspecified atom stereocenters. The molecule has 0 spiro atoms. The molecule has 0 saturated carbocycles. The molecule has 0 bridgehead atoms. The monoisotopic (exact) mass is 126 g/mol. The van der Waals surface area contributed by atoms with Crippen molar-refractivity contribution in [1.82, 2.24) is 0 Å². The van der Waals surface area contributed by atoms with Gasteiger partial charge in [0.05, 0.1) is 6.61 Å². The van der Waals surface area contributed by atoms with Crippen LogP contribution in [-0.4, -0.2) is 19.0 Å². The number of ketones is 1. The second-order valence-corrected chi connectivity index (χ2v) is 2.06. The number of allylic oxidation sites excluding steroid dienone is 1. The van der Waals surface area contributed by atoms with Crippen LogP contribution < -0.4 is 0 Å². The van der Waals surface area contributed by atoms with E-state index in [1.165, 1.54) is 0 Å². The Bertz CT molecular complexity index is 127. The maximum absolute atomic E-state index is 10.7. The summed E-state index contributed by atoms with van der Waals surface area (Å²) in [6.07, 6.45) is 5.37. The van der Waals surface area contributed by atoms with Crippen molar-refractivity contribution in [3.05, 3.63) is 12.2 Å². The second kappa shape index (κ2) is 3.41. The first-order valence-electron chi connectivity index (χ1n) is 3.14. The van der Waals surface area contributed by atoms with Gasteiger partial charge in [0, 0.05) is 6.42 Å². The minimum atomic E-state index is 0.172. The first-order chi connectivity index (χ1) is 4.39. The van der Waals surface area contributed by atoms with E-state index in [-0.39, 0.29) is 5.78 Å². The largest absolute Gasteiger partial charge is 0.373 e. The van der Waals surface area contributed by atoms with Crippen molar-refractivity contribution in [3.63, 3.8) is 0 Å². The highest BCUT2D eigenvalue weighted by Crippen LogP contribution is 1.95. The lowest BCUT2D eigenvalue weighted by Gasteiger charge is -2.02. The van der Waals surface area contributed by atoms with Crippen LogP contribution in [-0.2, 0) is 9.53 Å². The molecule has 1 heterocycles. The molecule has 2 nitrogen and oxygen atoms in total. The maximum Gasteiger partial charge on any atom is 0.162 e. The Labute approximate surface area is 54.5 Å². The van der Waals surface area contributed by atoms with E-state index in [4.69, 9.17) is 4.74 Å². The van der Waals surface area contributed by atoms with E-state index < -0.39 is 0 Å². The Balaban J connectivity index is 2.37. The van der Waals surface area contributed by atoms with Gasteiger partial charge in [0.25, 0.3) is 0 Å². The van der Waals surface area contributed by atoms with Crippen LogP contribution in [0.3, 0.4) is 0 Å². The SMILES string of the molecule is O=C1CC=CCCOC1. The zero-order chi connectivity index (χ0) is 6.53. The zero-order valence-corrected chi connectivity index (χ0v) is 5.30. The molecule has 50 valence electrons. The third kappa shape index (κ3) is 2.42. The molecule has 0 saturated heterocycles. The van der Waals surface area contributed by atoms with Crippen molar-refractivity contribution >= 4 is 5.78 Å². The topological polar surface area (TPSA) is 26.3 Å². The Hall–Kier alpha value is -0.630. The average molecular weight is 126 g/mol. The fraction of sp³-hybridized carbons (Fsp3) is 0.571. The van der Waals surface area contributed by atoms with Crippen molar-refractivity contribution in [2.75, 3.05) is 13.2 Å². The van der Waals surface area contributed by atoms with Gasteiger partial charge in [-0.2, -0.15) is 0 Å². The molecule has 0 N–H and O–H groups in total. The first kappa shape index (κ1) is 6.49. The summed E-state index contributed by atoms with van der Waals surface area (Å²) in [7, 11) is 0. The van der Waals surface area contributed by atoms with Crippen LogP contribution in [0.15, 0.2) is 12.2 Å². The minimum Gasteiger partial charge on any atom is -0.373 e. The lowest BCUT2D eigenvalue weighted by atomic mass is 10.2. The van der Waals surface area contributed by atoms with Gasteiger partial charge in [-0.15, -0.1) is 0 Å². The third-order valence-corrected chi connectivity index (χ3v) is 1.20. The van der Waals surface area contributed by atoms with Crippen LogP contribution in [0.4, 0.5) is 0 Å². The van der Waals surface area contributed by atoms with Crippen LogP contribution >= 0.6 is 0 Å². The Morgan fingerprint density at radius 2 is 2.33 bits per heavy atom. The molecule has 0 fully saturated rings. The number of ether oxygens (including phenoxy) is 1. The van der Waals surface area contributed by atoms with E-state index >= 15 is 0 Å². The number of hydrogen-bond acceptors (Lipinski definition) is 2. The Morgan fingerprint density at radius 3 is 3.22 bits per heavy atom. The maximum atomic E-state index is 10.7. The number of rotatable bonds is 0. The van der Waals surface area contributed by atoms with Gasteiger partial charge in [0.15, 0.2) is 5.78 Å². The van der Waals surface area contributed by atoms with Crippen LogP contribution in [0.5, 0.6) is 0 Å². The Morgan fingerprint density at radius 1 is 1.44 bits per heavy atom. The van der Waals surface area contributed by atoms with Gasteiger partial charge in [-0.05, 0) is 6.42 Å². The van der Waals surface area contributed by atoms with E-state index in [1.54, 1.807) is 0 Å². The third-order valence-electron chi connectivity index (χ3n) is 1.20. The van der Waals surface area contributed by atoms with Crippen molar-refractivity contribution in [1.29, 1.82) is 0 Å². The summed E-state index contributed by atoms with van der Waals surface area (Å²) in [6, 6.07) is 0. The second-order valence-electron chi connectivity index (χ2n) is 2.06. The molecule has 0 aromatic heterocycles. The molecule has 1 aliphatic rings. The van der Waals surface area contributed by atoms with E-state index in [0.717, 1.165) is 6.42 Å². The molecular weight excluding hydrogens is 116 g/mol. The highest BCUT2D eigenvalue weighted by molar-refractivity contribution is 5.81. The van der Waals surface area contributed by atoms with Gasteiger partial charge in [-0.25, -0.2) is 0 Å². The molecule has 1 rings (SSSR count). The fourth-order valence-electron chi connectivity index (χ4n) is 0.729. The van der Waals surface area contributed by atoms with E-state index in [0.29, 0.717) is 19.6 Å². The van der Waals surface area contributed by atoms with Gasteiger partial charge in [-0.3, -0.25) is 4.79 Å². The molecule has 0 aliphatic carbocycles. The van der Waals surface area contributed by atoms with Gasteiger partial charge in [0.1, 0.15) is 6.61 Å². The number of hydrogen-bond donors (Lipinski definition) is 0. The molecule has 1 aliphatic heterocycles. The molecule has 0 radical (unpaired) electrons. The van der Waals surface area contributed by atoms with Crippen LogP contribution in [0.25, 0.3) is 0 Å². The fourth-order valence-corrected chi connectivity index (χ4v) is 0.729. The zero-order valence-electron chi connectivity index (χ0n) is 5.30. The lowest BCUT2D eigenvalue weighted by molar-refractivity contribution is -0.122. The summed E-state index contributed by atoms with van der Waals surface area (Å²) in [5.41, 5.74) is 0. The van der Waals surface area contributed by atoms with Crippen molar-refractivity contribution < 1.29 is 9.53 Å². The van der Waals surface area contributed by atoms with E-state index in [1.807, 2.05) is 12.2 Å². The van der Waals surface area contributed by atoms with Gasteiger partial charge < -0.3 is 4.74 Å². The highest BCUT2D eigenvalue weighted by Gasteiger charge is 2.00. The summed E-state index contributed by atoms with van der Waals surface area (Å²) in [6.45, 7) is 0.979. The molecular formula is C7H10O2. The summed E-state index contributed by atoms with van der Waals surface area (Å²) in [4.78, 5) is 10.7. The van der Waals surface area contributed by atoms with Crippen molar-refractivity contribution in [2.24, 2.45) is 0 Å². The lowest BCUT2D eigenvalue weighted by Crippen LogP contribution is -2.09. The van der Waals surface area contributed by atoms with Gasteiger partial charge in [-0.1, -0.05) is 12.2 Å². The molecule has 0 amide bonds. The van der Waals surface area contributed by atoms with Crippen LogP contribution in [0.1, 0.15) is 12.8 Å². The minimum absolute atomic E-state index is 0.172. The molecule has 2 heteroatoms. The van der Waals surface area contributed by atoms with Crippen molar-refractivity contribution in [2.45, 2.75) is 12.8 Å². The average Bonchev–Trinajstić information content (AvgIpc) is 1.79. The standard InChI is InChI=1S/C7H10O2/c8-7-4-2-1-3-5-9-6-7/h1-2H,3-6H2. The first-order valence-corrected chi connectivity index (χ1v) is 3.14. The normalized spacial score (nSPS) is 21.1. The summed E-state index contributed by atoms with van der Waals surface area (Å²) >= 11 is 0. The number of carbonyl (C=O) groups is 1. The van der Waals surface area contributed by atoms with Crippen LogP contribution in [0.2, 0.25) is 0 Å². The number of carbonyl (C=O) groups excluding carboxylic acids is 1. The number of Topliss-reactive ketones (excluding diaryl/α,β-unsaturated/α-hetero) is 1.